The summed E-state index contributed by atoms with van der Waals surface area (Å²) in [5.74, 6) is 0. The summed E-state index contributed by atoms with van der Waals surface area (Å²) < 4.78 is 0. The lowest BCUT2D eigenvalue weighted by Crippen LogP contribution is -2.18. The Kier molecular flexibility index (Phi) is 4.24. The predicted octanol–water partition coefficient (Wildman–Crippen LogP) is 2.08. The van der Waals surface area contributed by atoms with Gasteiger partial charge in [-0.05, 0) is 37.7 Å². The molecule has 15 heavy (non-hydrogen) atoms. The lowest BCUT2D eigenvalue weighted by atomic mass is 10.0. The number of thiocarbonyl (C=S) groups is 1. The maximum atomic E-state index is 5.58. The van der Waals surface area contributed by atoms with Crippen LogP contribution in [0.5, 0.6) is 0 Å². The molecule has 0 fully saturated rings. The Morgan fingerprint density at radius 2 is 2.13 bits per heavy atom. The van der Waals surface area contributed by atoms with Crippen molar-refractivity contribution >= 4 is 17.2 Å². The Hall–Kier alpha value is -0.930. The third-order valence-corrected chi connectivity index (χ3v) is 2.84. The van der Waals surface area contributed by atoms with Crippen LogP contribution < -0.4 is 5.73 Å². The third kappa shape index (κ3) is 3.29. The first-order chi connectivity index (χ1) is 7.04. The van der Waals surface area contributed by atoms with E-state index < -0.39 is 0 Å². The van der Waals surface area contributed by atoms with Crippen LogP contribution in [0.3, 0.4) is 0 Å². The molecule has 0 heterocycles. The zero-order chi connectivity index (χ0) is 11.4. The van der Waals surface area contributed by atoms with E-state index in [1.54, 1.807) is 0 Å². The van der Waals surface area contributed by atoms with Crippen molar-refractivity contribution in [3.63, 3.8) is 0 Å². The highest BCUT2D eigenvalue weighted by atomic mass is 32.1. The molecule has 0 amide bonds. The monoisotopic (exact) mass is 222 g/mol. The van der Waals surface area contributed by atoms with Gasteiger partial charge in [0.15, 0.2) is 0 Å². The molecule has 0 saturated heterocycles. The molecule has 0 aromatic heterocycles. The van der Waals surface area contributed by atoms with E-state index in [-0.39, 0.29) is 0 Å². The highest BCUT2D eigenvalue weighted by molar-refractivity contribution is 7.80. The summed E-state index contributed by atoms with van der Waals surface area (Å²) in [6.07, 6.45) is 0. The molecule has 0 aliphatic heterocycles. The Labute approximate surface area is 97.1 Å². The average Bonchev–Trinajstić information content (AvgIpc) is 2.20. The Morgan fingerprint density at radius 3 is 2.60 bits per heavy atom. The summed E-state index contributed by atoms with van der Waals surface area (Å²) in [6.45, 7) is 6.27. The molecule has 0 radical (unpaired) electrons. The van der Waals surface area contributed by atoms with Gasteiger partial charge in [-0.1, -0.05) is 31.3 Å². The number of aryl methyl sites for hydroxylation is 1. The van der Waals surface area contributed by atoms with E-state index in [1.165, 1.54) is 11.1 Å². The molecule has 0 aliphatic rings. The second kappa shape index (κ2) is 5.24. The summed E-state index contributed by atoms with van der Waals surface area (Å²) in [4.78, 5) is 2.73. The molecule has 0 aliphatic carbocycles. The molecular formula is C12H18N2S. The van der Waals surface area contributed by atoms with Crippen molar-refractivity contribution in [2.75, 3.05) is 13.6 Å². The van der Waals surface area contributed by atoms with Crippen molar-refractivity contribution in [2.45, 2.75) is 20.4 Å². The van der Waals surface area contributed by atoms with Crippen LogP contribution in [0.25, 0.3) is 0 Å². The fourth-order valence-corrected chi connectivity index (χ4v) is 1.56. The lowest BCUT2D eigenvalue weighted by molar-refractivity contribution is 0.345. The van der Waals surface area contributed by atoms with Gasteiger partial charge in [0.2, 0.25) is 0 Å². The molecule has 0 bridgehead atoms. The van der Waals surface area contributed by atoms with Crippen molar-refractivity contribution < 1.29 is 0 Å². The first-order valence-corrected chi connectivity index (χ1v) is 5.53. The van der Waals surface area contributed by atoms with Crippen LogP contribution in [0.2, 0.25) is 0 Å². The van der Waals surface area contributed by atoms with E-state index in [0.717, 1.165) is 18.7 Å². The lowest BCUT2D eigenvalue weighted by Gasteiger charge is -2.16. The van der Waals surface area contributed by atoms with E-state index in [0.29, 0.717) is 4.99 Å². The summed E-state index contributed by atoms with van der Waals surface area (Å²) in [6, 6.07) is 6.16. The quantitative estimate of drug-likeness (QED) is 0.791. The van der Waals surface area contributed by atoms with E-state index in [1.807, 2.05) is 6.07 Å². The van der Waals surface area contributed by atoms with E-state index in [2.05, 4.69) is 37.9 Å². The number of nitrogens with two attached hydrogens (primary N) is 1. The van der Waals surface area contributed by atoms with Crippen molar-refractivity contribution in [2.24, 2.45) is 5.73 Å². The maximum Gasteiger partial charge on any atom is 0.103 e. The zero-order valence-corrected chi connectivity index (χ0v) is 10.4. The van der Waals surface area contributed by atoms with Gasteiger partial charge in [0.1, 0.15) is 4.99 Å². The van der Waals surface area contributed by atoms with Crippen LogP contribution in [0.4, 0.5) is 0 Å². The standard InChI is InChI=1S/C12H18N2S/c1-4-14(3)8-11-6-5-10(12(13)15)7-9(11)2/h5-7H,4,8H2,1-3H3,(H2,13,15). The normalized spacial score (nSPS) is 10.7. The largest absolute Gasteiger partial charge is 0.389 e. The molecule has 3 heteroatoms. The van der Waals surface area contributed by atoms with Gasteiger partial charge in [0, 0.05) is 12.1 Å². The van der Waals surface area contributed by atoms with Crippen molar-refractivity contribution in [3.05, 3.63) is 34.9 Å². The smallest absolute Gasteiger partial charge is 0.103 e. The minimum atomic E-state index is 0.466. The van der Waals surface area contributed by atoms with Crippen LogP contribution in [-0.4, -0.2) is 23.5 Å². The highest BCUT2D eigenvalue weighted by Gasteiger charge is 2.03. The fraction of sp³-hybridized carbons (Fsp3) is 0.417. The second-order valence-corrected chi connectivity index (χ2v) is 4.28. The molecule has 1 rings (SSSR count). The van der Waals surface area contributed by atoms with Gasteiger partial charge < -0.3 is 10.6 Å². The summed E-state index contributed by atoms with van der Waals surface area (Å²) >= 11 is 4.94. The fourth-order valence-electron chi connectivity index (χ4n) is 1.43. The minimum absolute atomic E-state index is 0.466. The number of hydrogen-bond donors (Lipinski definition) is 1. The second-order valence-electron chi connectivity index (χ2n) is 3.84. The molecular weight excluding hydrogens is 204 g/mol. The van der Waals surface area contributed by atoms with Gasteiger partial charge in [0.25, 0.3) is 0 Å². The Morgan fingerprint density at radius 1 is 1.47 bits per heavy atom. The molecule has 0 saturated carbocycles. The van der Waals surface area contributed by atoms with Gasteiger partial charge in [-0.15, -0.1) is 0 Å². The summed E-state index contributed by atoms with van der Waals surface area (Å²) in [7, 11) is 2.11. The zero-order valence-electron chi connectivity index (χ0n) is 9.58. The van der Waals surface area contributed by atoms with Crippen molar-refractivity contribution in [1.29, 1.82) is 0 Å². The molecule has 0 unspecified atom stereocenters. The van der Waals surface area contributed by atoms with Crippen molar-refractivity contribution in [3.8, 4) is 0 Å². The first kappa shape index (κ1) is 12.1. The van der Waals surface area contributed by atoms with Crippen LogP contribution in [0, 0.1) is 6.92 Å². The molecule has 0 atom stereocenters. The highest BCUT2D eigenvalue weighted by Crippen LogP contribution is 2.12. The minimum Gasteiger partial charge on any atom is -0.389 e. The van der Waals surface area contributed by atoms with E-state index in [4.69, 9.17) is 18.0 Å². The van der Waals surface area contributed by atoms with Crippen molar-refractivity contribution in [1.82, 2.24) is 4.90 Å². The van der Waals surface area contributed by atoms with Crippen LogP contribution in [0.1, 0.15) is 23.6 Å². The third-order valence-electron chi connectivity index (χ3n) is 2.61. The number of benzene rings is 1. The topological polar surface area (TPSA) is 29.3 Å². The molecule has 0 spiro atoms. The van der Waals surface area contributed by atoms with Gasteiger partial charge in [0.05, 0.1) is 0 Å². The van der Waals surface area contributed by atoms with Gasteiger partial charge >= 0.3 is 0 Å². The average molecular weight is 222 g/mol. The molecule has 82 valence electrons. The van der Waals surface area contributed by atoms with E-state index in [9.17, 15) is 0 Å². The number of nitrogens with zero attached hydrogens (tertiary/aromatic N) is 1. The summed E-state index contributed by atoms with van der Waals surface area (Å²) in [5.41, 5.74) is 9.11. The van der Waals surface area contributed by atoms with Gasteiger partial charge in [-0.2, -0.15) is 0 Å². The molecule has 2 N–H and O–H groups in total. The first-order valence-electron chi connectivity index (χ1n) is 5.12. The summed E-state index contributed by atoms with van der Waals surface area (Å²) in [5, 5.41) is 0. The van der Waals surface area contributed by atoms with E-state index >= 15 is 0 Å². The van der Waals surface area contributed by atoms with Crippen LogP contribution in [-0.2, 0) is 6.54 Å². The Bertz CT molecular complexity index is 361. The Balaban J connectivity index is 2.88. The van der Waals surface area contributed by atoms with Crippen LogP contribution >= 0.6 is 12.2 Å². The van der Waals surface area contributed by atoms with Crippen LogP contribution in [0.15, 0.2) is 18.2 Å². The molecule has 1 aromatic carbocycles. The van der Waals surface area contributed by atoms with Gasteiger partial charge in [-0.3, -0.25) is 0 Å². The SMILES string of the molecule is CCN(C)Cc1ccc(C(N)=S)cc1C. The van der Waals surface area contributed by atoms with Gasteiger partial charge in [-0.25, -0.2) is 0 Å². The molecule has 2 nitrogen and oxygen atoms in total. The predicted molar refractivity (Wildman–Crippen MR) is 69.1 cm³/mol. The molecule has 1 aromatic rings. The number of hydrogen-bond acceptors (Lipinski definition) is 2. The maximum absolute atomic E-state index is 5.58. The number of rotatable bonds is 4.